The van der Waals surface area contributed by atoms with Crippen molar-refractivity contribution < 1.29 is 28.9 Å². The molecule has 1 atom stereocenters. The number of hydrogen-bond acceptors (Lipinski definition) is 5. The average molecular weight is 410 g/mol. The zero-order chi connectivity index (χ0) is 21.9. The summed E-state index contributed by atoms with van der Waals surface area (Å²) < 4.78 is 16.3. The Kier molecular flexibility index (Phi) is 10.3. The smallest absolute Gasteiger partial charge is 0.408 e. The van der Waals surface area contributed by atoms with E-state index in [1.807, 2.05) is 0 Å². The molecule has 0 aromatic heterocycles. The summed E-state index contributed by atoms with van der Waals surface area (Å²) in [4.78, 5) is 23.5. The lowest BCUT2D eigenvalue weighted by Gasteiger charge is -2.22. The first-order valence-electron chi connectivity index (χ1n) is 10.2. The molecule has 1 aromatic rings. The van der Waals surface area contributed by atoms with Gasteiger partial charge in [0.05, 0.1) is 13.7 Å². The molecular formula is C22H35NO6. The molecule has 1 amide bonds. The molecule has 0 aliphatic heterocycles. The molecule has 0 saturated heterocycles. The summed E-state index contributed by atoms with van der Waals surface area (Å²) in [5, 5.41) is 11.8. The maximum absolute atomic E-state index is 11.9. The van der Waals surface area contributed by atoms with Gasteiger partial charge < -0.3 is 24.6 Å². The minimum Gasteiger partial charge on any atom is -0.493 e. The number of rotatable bonds is 12. The molecule has 7 nitrogen and oxygen atoms in total. The fraction of sp³-hybridized carbons (Fsp3) is 0.636. The average Bonchev–Trinajstić information content (AvgIpc) is 2.63. The van der Waals surface area contributed by atoms with Gasteiger partial charge in [-0.3, -0.25) is 0 Å². The van der Waals surface area contributed by atoms with Crippen LogP contribution in [0.2, 0.25) is 0 Å². The Labute approximate surface area is 173 Å². The number of carboxylic acids is 1. The first-order valence-corrected chi connectivity index (χ1v) is 10.2. The van der Waals surface area contributed by atoms with Crippen LogP contribution in [0.15, 0.2) is 18.2 Å². The Balaban J connectivity index is 2.69. The summed E-state index contributed by atoms with van der Waals surface area (Å²) >= 11 is 0. The fourth-order valence-electron chi connectivity index (χ4n) is 2.73. The van der Waals surface area contributed by atoms with E-state index in [0.717, 1.165) is 12.8 Å². The van der Waals surface area contributed by atoms with E-state index in [1.54, 1.807) is 46.1 Å². The molecule has 0 aliphatic carbocycles. The van der Waals surface area contributed by atoms with Gasteiger partial charge in [0, 0.05) is 6.42 Å². The molecule has 2 N–H and O–H groups in total. The van der Waals surface area contributed by atoms with E-state index in [-0.39, 0.29) is 6.42 Å². The van der Waals surface area contributed by atoms with Gasteiger partial charge in [-0.05, 0) is 44.9 Å². The summed E-state index contributed by atoms with van der Waals surface area (Å²) in [5.74, 6) is 0.0263. The largest absolute Gasteiger partial charge is 0.493 e. The van der Waals surface area contributed by atoms with E-state index in [0.29, 0.717) is 23.7 Å². The number of hydrogen-bond donors (Lipinski definition) is 2. The van der Waals surface area contributed by atoms with Gasteiger partial charge in [0.2, 0.25) is 0 Å². The minimum atomic E-state index is -1.14. The third-order valence-electron chi connectivity index (χ3n) is 4.16. The number of ether oxygens (including phenoxy) is 3. The van der Waals surface area contributed by atoms with Gasteiger partial charge in [-0.15, -0.1) is 0 Å². The molecular weight excluding hydrogens is 374 g/mol. The van der Waals surface area contributed by atoms with Crippen molar-refractivity contribution in [1.29, 1.82) is 0 Å². The number of alkyl carbamates (subject to hydrolysis) is 1. The Morgan fingerprint density at radius 1 is 1.10 bits per heavy atom. The maximum atomic E-state index is 11.9. The van der Waals surface area contributed by atoms with Crippen LogP contribution in [-0.2, 0) is 16.0 Å². The van der Waals surface area contributed by atoms with Gasteiger partial charge in [0.15, 0.2) is 11.5 Å². The number of amides is 1. The highest BCUT2D eigenvalue weighted by Crippen LogP contribution is 2.29. The highest BCUT2D eigenvalue weighted by molar-refractivity contribution is 5.80. The Hall–Kier alpha value is -2.44. The van der Waals surface area contributed by atoms with Crippen LogP contribution < -0.4 is 14.8 Å². The van der Waals surface area contributed by atoms with Crippen molar-refractivity contribution in [2.75, 3.05) is 13.7 Å². The monoisotopic (exact) mass is 409 g/mol. The number of nitrogens with one attached hydrogen (secondary N) is 1. The molecule has 7 heteroatoms. The van der Waals surface area contributed by atoms with Crippen molar-refractivity contribution >= 4 is 12.1 Å². The molecule has 1 rings (SSSR count). The van der Waals surface area contributed by atoms with Crippen LogP contribution >= 0.6 is 0 Å². The summed E-state index contributed by atoms with van der Waals surface area (Å²) in [6, 6.07) is 4.17. The highest BCUT2D eigenvalue weighted by Gasteiger charge is 2.24. The van der Waals surface area contributed by atoms with Gasteiger partial charge in [-0.1, -0.05) is 38.7 Å². The van der Waals surface area contributed by atoms with Gasteiger partial charge >= 0.3 is 12.1 Å². The highest BCUT2D eigenvalue weighted by atomic mass is 16.6. The SMILES string of the molecule is CCCCCCCOc1ccc(CC(NC(=O)OC(C)(C)C)C(=O)O)cc1OC. The number of carbonyl (C=O) groups excluding carboxylic acids is 1. The molecule has 1 aromatic carbocycles. The topological polar surface area (TPSA) is 94.1 Å². The predicted octanol–water partition coefficient (Wildman–Crippen LogP) is 4.56. The molecule has 29 heavy (non-hydrogen) atoms. The normalized spacial score (nSPS) is 12.2. The fourth-order valence-corrected chi connectivity index (χ4v) is 2.73. The summed E-state index contributed by atoms with van der Waals surface area (Å²) in [6.45, 7) is 7.94. The second-order valence-electron chi connectivity index (χ2n) is 7.99. The number of carbonyl (C=O) groups is 2. The van der Waals surface area contributed by atoms with Crippen molar-refractivity contribution in [3.63, 3.8) is 0 Å². The molecule has 164 valence electrons. The molecule has 0 saturated carbocycles. The van der Waals surface area contributed by atoms with Crippen molar-refractivity contribution in [2.24, 2.45) is 0 Å². The van der Waals surface area contributed by atoms with E-state index in [1.165, 1.54) is 19.3 Å². The standard InChI is InChI=1S/C22H35NO6/c1-6-7-8-9-10-13-28-18-12-11-16(15-19(18)27-5)14-17(20(24)25)23-21(26)29-22(2,3)4/h11-12,15,17H,6-10,13-14H2,1-5H3,(H,23,26)(H,24,25). The van der Waals surface area contributed by atoms with E-state index < -0.39 is 23.7 Å². The van der Waals surface area contributed by atoms with Crippen LogP contribution in [0.1, 0.15) is 65.4 Å². The van der Waals surface area contributed by atoms with Crippen LogP contribution in [0.4, 0.5) is 4.79 Å². The van der Waals surface area contributed by atoms with E-state index in [9.17, 15) is 14.7 Å². The number of methoxy groups -OCH3 is 1. The summed E-state index contributed by atoms with van der Waals surface area (Å²) in [7, 11) is 1.54. The lowest BCUT2D eigenvalue weighted by Crippen LogP contribution is -2.44. The predicted molar refractivity (Wildman–Crippen MR) is 112 cm³/mol. The summed E-state index contributed by atoms with van der Waals surface area (Å²) in [5.41, 5.74) is 0.00640. The van der Waals surface area contributed by atoms with Crippen LogP contribution in [0.25, 0.3) is 0 Å². The lowest BCUT2D eigenvalue weighted by molar-refractivity contribution is -0.139. The second-order valence-corrected chi connectivity index (χ2v) is 7.99. The first-order chi connectivity index (χ1) is 13.7. The molecule has 0 spiro atoms. The first kappa shape index (κ1) is 24.6. The van der Waals surface area contributed by atoms with Gasteiger partial charge in [-0.2, -0.15) is 0 Å². The molecule has 0 radical (unpaired) electrons. The Bertz CT molecular complexity index is 653. The quantitative estimate of drug-likeness (QED) is 0.491. The second kappa shape index (κ2) is 12.2. The van der Waals surface area contributed by atoms with Gasteiger partial charge in [0.25, 0.3) is 0 Å². The molecule has 0 aliphatic rings. The van der Waals surface area contributed by atoms with E-state index in [4.69, 9.17) is 14.2 Å². The summed E-state index contributed by atoms with van der Waals surface area (Å²) in [6.07, 6.45) is 5.09. The zero-order valence-corrected chi connectivity index (χ0v) is 18.2. The van der Waals surface area contributed by atoms with E-state index >= 15 is 0 Å². The molecule has 0 fully saturated rings. The minimum absolute atomic E-state index is 0.0994. The van der Waals surface area contributed by atoms with Crippen molar-refractivity contribution in [3.8, 4) is 11.5 Å². The Morgan fingerprint density at radius 2 is 1.79 bits per heavy atom. The van der Waals surface area contributed by atoms with Crippen LogP contribution in [0.3, 0.4) is 0 Å². The van der Waals surface area contributed by atoms with Crippen molar-refractivity contribution in [3.05, 3.63) is 23.8 Å². The lowest BCUT2D eigenvalue weighted by atomic mass is 10.1. The molecule has 0 bridgehead atoms. The van der Waals surface area contributed by atoms with Crippen LogP contribution in [0, 0.1) is 0 Å². The Morgan fingerprint density at radius 3 is 2.38 bits per heavy atom. The van der Waals surface area contributed by atoms with Crippen LogP contribution in [-0.4, -0.2) is 42.5 Å². The number of unbranched alkanes of at least 4 members (excludes halogenated alkanes) is 4. The molecule has 0 heterocycles. The van der Waals surface area contributed by atoms with Crippen molar-refractivity contribution in [2.45, 2.75) is 77.9 Å². The third-order valence-corrected chi connectivity index (χ3v) is 4.16. The van der Waals surface area contributed by atoms with Gasteiger partial charge in [-0.25, -0.2) is 9.59 Å². The van der Waals surface area contributed by atoms with Gasteiger partial charge in [0.1, 0.15) is 11.6 Å². The number of carboxylic acid groups (broad SMARTS) is 1. The number of aliphatic carboxylic acids is 1. The van der Waals surface area contributed by atoms with Crippen LogP contribution in [0.5, 0.6) is 11.5 Å². The zero-order valence-electron chi connectivity index (χ0n) is 18.2. The number of benzene rings is 1. The van der Waals surface area contributed by atoms with Crippen molar-refractivity contribution in [1.82, 2.24) is 5.32 Å². The van der Waals surface area contributed by atoms with E-state index in [2.05, 4.69) is 12.2 Å². The maximum Gasteiger partial charge on any atom is 0.408 e. The molecule has 1 unspecified atom stereocenters. The third kappa shape index (κ3) is 10.1.